The van der Waals surface area contributed by atoms with Gasteiger partial charge >= 0.3 is 0 Å². The van der Waals surface area contributed by atoms with E-state index in [0.717, 1.165) is 24.3 Å². The van der Waals surface area contributed by atoms with Crippen molar-refractivity contribution in [3.63, 3.8) is 0 Å². The van der Waals surface area contributed by atoms with E-state index in [1.54, 1.807) is 0 Å². The molecule has 0 spiro atoms. The van der Waals surface area contributed by atoms with E-state index in [4.69, 9.17) is 0 Å². The Bertz CT molecular complexity index is 468. The van der Waals surface area contributed by atoms with E-state index in [0.29, 0.717) is 6.04 Å². The monoisotopic (exact) mass is 413 g/mol. The molecule has 0 heterocycles. The molecule has 2 saturated carbocycles. The summed E-state index contributed by atoms with van der Waals surface area (Å²) in [5.41, 5.74) is 1.42. The molecule has 4 unspecified atom stereocenters. The van der Waals surface area contributed by atoms with Crippen molar-refractivity contribution in [1.29, 1.82) is 0 Å². The van der Waals surface area contributed by atoms with Crippen LogP contribution in [0.25, 0.3) is 0 Å². The van der Waals surface area contributed by atoms with E-state index >= 15 is 0 Å². The Labute approximate surface area is 145 Å². The summed E-state index contributed by atoms with van der Waals surface area (Å²) in [5, 5.41) is 3.78. The summed E-state index contributed by atoms with van der Waals surface area (Å²) >= 11 is 7.27. The van der Waals surface area contributed by atoms with Crippen molar-refractivity contribution in [2.75, 3.05) is 6.54 Å². The molecule has 0 amide bonds. The van der Waals surface area contributed by atoms with Crippen molar-refractivity contribution in [2.24, 2.45) is 17.8 Å². The fraction of sp³-hybridized carbons (Fsp3) is 0.667. The molecule has 2 fully saturated rings. The second kappa shape index (κ2) is 7.14. The summed E-state index contributed by atoms with van der Waals surface area (Å²) in [7, 11) is 0. The van der Waals surface area contributed by atoms with Gasteiger partial charge < -0.3 is 5.32 Å². The Morgan fingerprint density at radius 1 is 1.14 bits per heavy atom. The molecular weight excluding hydrogens is 390 g/mol. The molecule has 1 aromatic rings. The molecule has 3 rings (SSSR count). The van der Waals surface area contributed by atoms with Crippen LogP contribution in [0.5, 0.6) is 0 Å². The molecule has 0 aromatic heterocycles. The quantitative estimate of drug-likeness (QED) is 0.594. The molecule has 1 aromatic carbocycles. The third kappa shape index (κ3) is 3.92. The number of hydrogen-bond donors (Lipinski definition) is 1. The lowest BCUT2D eigenvalue weighted by molar-refractivity contribution is 0.279. The third-order valence-corrected chi connectivity index (χ3v) is 6.27. The van der Waals surface area contributed by atoms with Gasteiger partial charge in [-0.15, -0.1) is 0 Å². The summed E-state index contributed by atoms with van der Waals surface area (Å²) in [4.78, 5) is 0. The minimum absolute atomic E-state index is 0.503. The molecule has 2 aliphatic rings. The molecule has 1 N–H and O–H groups in total. The molecule has 3 heteroatoms. The lowest BCUT2D eigenvalue weighted by atomic mass is 9.82. The van der Waals surface area contributed by atoms with Crippen LogP contribution in [0.2, 0.25) is 0 Å². The van der Waals surface area contributed by atoms with Gasteiger partial charge in [0.15, 0.2) is 0 Å². The first-order valence-corrected chi connectivity index (χ1v) is 9.93. The predicted molar refractivity (Wildman–Crippen MR) is 96.4 cm³/mol. The fourth-order valence-electron chi connectivity index (χ4n) is 4.40. The normalized spacial score (nSPS) is 29.0. The maximum Gasteiger partial charge on any atom is 0.0323 e. The third-order valence-electron chi connectivity index (χ3n) is 5.35. The highest BCUT2D eigenvalue weighted by Gasteiger charge is 2.40. The smallest absolute Gasteiger partial charge is 0.0323 e. The van der Waals surface area contributed by atoms with Gasteiger partial charge in [-0.05, 0) is 80.2 Å². The largest absolute Gasteiger partial charge is 0.310 e. The SMILES string of the molecule is CCCNC(CC1CC2CCC1C2)c1cc(Br)cc(Br)c1. The van der Waals surface area contributed by atoms with E-state index in [2.05, 4.69) is 62.3 Å². The summed E-state index contributed by atoms with van der Waals surface area (Å²) < 4.78 is 2.34. The average Bonchev–Trinajstić information content (AvgIpc) is 3.04. The zero-order valence-corrected chi connectivity index (χ0v) is 15.9. The highest BCUT2D eigenvalue weighted by atomic mass is 79.9. The van der Waals surface area contributed by atoms with Gasteiger partial charge in [0.1, 0.15) is 0 Å². The number of benzene rings is 1. The summed E-state index contributed by atoms with van der Waals surface area (Å²) in [6, 6.07) is 7.19. The summed E-state index contributed by atoms with van der Waals surface area (Å²) in [6.45, 7) is 3.36. The first-order chi connectivity index (χ1) is 10.2. The van der Waals surface area contributed by atoms with Gasteiger partial charge in [0, 0.05) is 15.0 Å². The fourth-order valence-corrected chi connectivity index (χ4v) is 5.73. The van der Waals surface area contributed by atoms with Crippen LogP contribution in [-0.4, -0.2) is 6.54 Å². The Kier molecular flexibility index (Phi) is 5.45. The number of nitrogens with one attached hydrogen (secondary N) is 1. The van der Waals surface area contributed by atoms with Gasteiger partial charge in [-0.25, -0.2) is 0 Å². The van der Waals surface area contributed by atoms with Crippen LogP contribution in [0.1, 0.15) is 57.1 Å². The minimum atomic E-state index is 0.503. The minimum Gasteiger partial charge on any atom is -0.310 e. The maximum absolute atomic E-state index is 3.78. The van der Waals surface area contributed by atoms with Crippen molar-refractivity contribution in [2.45, 2.75) is 51.5 Å². The standard InChI is InChI=1S/C18H25Br2N/c1-2-5-21-18(15-8-16(19)11-17(20)9-15)10-14-7-12-3-4-13(14)6-12/h8-9,11-14,18,21H,2-7,10H2,1H3. The van der Waals surface area contributed by atoms with Crippen LogP contribution in [0.15, 0.2) is 27.1 Å². The van der Waals surface area contributed by atoms with Crippen molar-refractivity contribution >= 4 is 31.9 Å². The van der Waals surface area contributed by atoms with E-state index in [1.807, 2.05) is 0 Å². The van der Waals surface area contributed by atoms with Crippen molar-refractivity contribution in [1.82, 2.24) is 5.32 Å². The second-order valence-corrected chi connectivity index (χ2v) is 8.71. The second-order valence-electron chi connectivity index (χ2n) is 6.88. The first-order valence-electron chi connectivity index (χ1n) is 8.35. The zero-order valence-electron chi connectivity index (χ0n) is 12.7. The summed E-state index contributed by atoms with van der Waals surface area (Å²) in [5.74, 6) is 2.99. The Morgan fingerprint density at radius 2 is 1.90 bits per heavy atom. The molecule has 0 aliphatic heterocycles. The van der Waals surface area contributed by atoms with Crippen LogP contribution in [-0.2, 0) is 0 Å². The van der Waals surface area contributed by atoms with Crippen LogP contribution >= 0.6 is 31.9 Å². The van der Waals surface area contributed by atoms with Crippen molar-refractivity contribution < 1.29 is 0 Å². The van der Waals surface area contributed by atoms with Gasteiger partial charge in [-0.3, -0.25) is 0 Å². The Hall–Kier alpha value is 0.140. The van der Waals surface area contributed by atoms with Gasteiger partial charge in [0.05, 0.1) is 0 Å². The highest BCUT2D eigenvalue weighted by molar-refractivity contribution is 9.11. The number of halogens is 2. The molecule has 2 aliphatic carbocycles. The lowest BCUT2D eigenvalue weighted by Gasteiger charge is -2.28. The summed E-state index contributed by atoms with van der Waals surface area (Å²) in [6.07, 6.45) is 8.47. The molecule has 0 saturated heterocycles. The zero-order chi connectivity index (χ0) is 14.8. The molecule has 116 valence electrons. The van der Waals surface area contributed by atoms with Gasteiger partial charge in [0.2, 0.25) is 0 Å². The molecule has 21 heavy (non-hydrogen) atoms. The van der Waals surface area contributed by atoms with Crippen LogP contribution in [0.3, 0.4) is 0 Å². The molecule has 1 nitrogen and oxygen atoms in total. The van der Waals surface area contributed by atoms with Crippen LogP contribution in [0, 0.1) is 17.8 Å². The predicted octanol–water partition coefficient (Wildman–Crippen LogP) is 6.08. The lowest BCUT2D eigenvalue weighted by Crippen LogP contribution is -2.26. The van der Waals surface area contributed by atoms with Gasteiger partial charge in [-0.1, -0.05) is 45.2 Å². The van der Waals surface area contributed by atoms with E-state index in [-0.39, 0.29) is 0 Å². The topological polar surface area (TPSA) is 12.0 Å². The van der Waals surface area contributed by atoms with Crippen molar-refractivity contribution in [3.05, 3.63) is 32.7 Å². The maximum atomic E-state index is 3.78. The average molecular weight is 415 g/mol. The van der Waals surface area contributed by atoms with Gasteiger partial charge in [-0.2, -0.15) is 0 Å². The van der Waals surface area contributed by atoms with Gasteiger partial charge in [0.25, 0.3) is 0 Å². The number of rotatable bonds is 6. The van der Waals surface area contributed by atoms with Crippen LogP contribution < -0.4 is 5.32 Å². The Morgan fingerprint density at radius 3 is 2.48 bits per heavy atom. The Balaban J connectivity index is 1.73. The molecule has 4 atom stereocenters. The van der Waals surface area contributed by atoms with Crippen LogP contribution in [0.4, 0.5) is 0 Å². The van der Waals surface area contributed by atoms with E-state index in [9.17, 15) is 0 Å². The van der Waals surface area contributed by atoms with E-state index in [1.165, 1.54) is 53.0 Å². The number of hydrogen-bond acceptors (Lipinski definition) is 1. The van der Waals surface area contributed by atoms with Crippen molar-refractivity contribution in [3.8, 4) is 0 Å². The number of fused-ring (bicyclic) bond motifs is 2. The van der Waals surface area contributed by atoms with E-state index < -0.39 is 0 Å². The first kappa shape index (κ1) is 16.0. The molecular formula is C18H25Br2N. The molecule has 0 radical (unpaired) electrons. The molecule has 2 bridgehead atoms. The highest BCUT2D eigenvalue weighted by Crippen LogP contribution is 2.51.